The molecule has 0 aliphatic rings. The Morgan fingerprint density at radius 1 is 0.522 bits per heavy atom. The maximum atomic E-state index is 6.33. The predicted octanol–water partition coefficient (Wildman–Crippen LogP) is 5.76. The molecule has 110 valence electrons. The fourth-order valence-electron chi connectivity index (χ4n) is 3.09. The van der Waals surface area contributed by atoms with Crippen LogP contribution < -0.4 is 5.73 Å². The zero-order valence-corrected chi connectivity index (χ0v) is 12.7. The van der Waals surface area contributed by atoms with Crippen molar-refractivity contribution in [3.63, 3.8) is 0 Å². The minimum atomic E-state index is 0.807. The Balaban J connectivity index is 1.86. The average Bonchev–Trinajstić information content (AvgIpc) is 2.62. The summed E-state index contributed by atoms with van der Waals surface area (Å²) in [6, 6.07) is 31.4. The number of hydrogen-bond acceptors (Lipinski definition) is 1. The molecule has 4 aromatic carbocycles. The standard InChI is InChI=1S/C22H17N/c23-22-15-18(13-14-21(22)17-7-2-1-3-8-17)20-12-6-10-16-9-4-5-11-19(16)20/h1-15H,23H2. The second-order valence-corrected chi connectivity index (χ2v) is 5.69. The SMILES string of the molecule is Nc1cc(-c2cccc3ccccc23)ccc1-c1ccccc1. The van der Waals surface area contributed by atoms with Crippen molar-refractivity contribution in [3.05, 3.63) is 91.0 Å². The number of nitrogen functional groups attached to an aromatic ring is 1. The minimum Gasteiger partial charge on any atom is -0.398 e. The van der Waals surface area contributed by atoms with E-state index in [-0.39, 0.29) is 0 Å². The molecule has 0 aliphatic heterocycles. The average molecular weight is 295 g/mol. The summed E-state index contributed by atoms with van der Waals surface area (Å²) in [5, 5.41) is 2.50. The van der Waals surface area contributed by atoms with Crippen molar-refractivity contribution >= 4 is 16.5 Å². The van der Waals surface area contributed by atoms with Crippen LogP contribution in [0.5, 0.6) is 0 Å². The molecule has 0 bridgehead atoms. The van der Waals surface area contributed by atoms with Crippen LogP contribution >= 0.6 is 0 Å². The molecule has 4 rings (SSSR count). The number of rotatable bonds is 2. The highest BCUT2D eigenvalue weighted by Gasteiger charge is 2.07. The van der Waals surface area contributed by atoms with Crippen LogP contribution in [-0.2, 0) is 0 Å². The first-order valence-corrected chi connectivity index (χ1v) is 7.76. The summed E-state index contributed by atoms with van der Waals surface area (Å²) in [6.07, 6.45) is 0. The monoisotopic (exact) mass is 295 g/mol. The lowest BCUT2D eigenvalue weighted by molar-refractivity contribution is 1.60. The molecule has 4 aromatic rings. The van der Waals surface area contributed by atoms with Crippen LogP contribution in [0.3, 0.4) is 0 Å². The third-order valence-corrected chi connectivity index (χ3v) is 4.24. The summed E-state index contributed by atoms with van der Waals surface area (Å²) in [5.41, 5.74) is 11.7. The highest BCUT2D eigenvalue weighted by Crippen LogP contribution is 2.33. The van der Waals surface area contributed by atoms with E-state index in [1.54, 1.807) is 0 Å². The lowest BCUT2D eigenvalue weighted by Crippen LogP contribution is -1.91. The van der Waals surface area contributed by atoms with Gasteiger partial charge in [0.05, 0.1) is 0 Å². The second-order valence-electron chi connectivity index (χ2n) is 5.69. The Kier molecular flexibility index (Phi) is 3.32. The van der Waals surface area contributed by atoms with E-state index in [0.717, 1.165) is 22.4 Å². The molecule has 1 heteroatoms. The maximum absolute atomic E-state index is 6.33. The molecule has 0 fully saturated rings. The first-order valence-electron chi connectivity index (χ1n) is 7.76. The van der Waals surface area contributed by atoms with Crippen LogP contribution in [0.15, 0.2) is 91.0 Å². The Bertz CT molecular complexity index is 966. The second kappa shape index (κ2) is 5.62. The molecule has 0 saturated heterocycles. The highest BCUT2D eigenvalue weighted by molar-refractivity contribution is 5.97. The van der Waals surface area contributed by atoms with Crippen molar-refractivity contribution in [2.75, 3.05) is 5.73 Å². The molecule has 0 saturated carbocycles. The first-order chi connectivity index (χ1) is 11.3. The van der Waals surface area contributed by atoms with E-state index >= 15 is 0 Å². The Hall–Kier alpha value is -3.06. The van der Waals surface area contributed by atoms with Gasteiger partial charge in [-0.05, 0) is 33.5 Å². The van der Waals surface area contributed by atoms with E-state index in [0.29, 0.717) is 0 Å². The zero-order valence-electron chi connectivity index (χ0n) is 12.7. The molecule has 0 aliphatic carbocycles. The van der Waals surface area contributed by atoms with Crippen molar-refractivity contribution in [3.8, 4) is 22.3 Å². The lowest BCUT2D eigenvalue weighted by Gasteiger charge is -2.11. The van der Waals surface area contributed by atoms with Gasteiger partial charge in [-0.25, -0.2) is 0 Å². The molecule has 0 amide bonds. The van der Waals surface area contributed by atoms with Crippen LogP contribution in [-0.4, -0.2) is 0 Å². The van der Waals surface area contributed by atoms with Crippen LogP contribution in [0.1, 0.15) is 0 Å². The molecule has 1 nitrogen and oxygen atoms in total. The number of fused-ring (bicyclic) bond motifs is 1. The van der Waals surface area contributed by atoms with Crippen molar-refractivity contribution in [1.29, 1.82) is 0 Å². The van der Waals surface area contributed by atoms with Gasteiger partial charge in [0.1, 0.15) is 0 Å². The Morgan fingerprint density at radius 3 is 2.09 bits per heavy atom. The van der Waals surface area contributed by atoms with Gasteiger partial charge in [0.15, 0.2) is 0 Å². The molecule has 23 heavy (non-hydrogen) atoms. The molecule has 0 radical (unpaired) electrons. The summed E-state index contributed by atoms with van der Waals surface area (Å²) in [7, 11) is 0. The molecule has 0 atom stereocenters. The van der Waals surface area contributed by atoms with Crippen molar-refractivity contribution in [1.82, 2.24) is 0 Å². The maximum Gasteiger partial charge on any atom is 0.0399 e. The van der Waals surface area contributed by atoms with Gasteiger partial charge < -0.3 is 5.73 Å². The molecular weight excluding hydrogens is 278 g/mol. The van der Waals surface area contributed by atoms with Crippen molar-refractivity contribution < 1.29 is 0 Å². The third kappa shape index (κ3) is 2.47. The molecule has 0 unspecified atom stereocenters. The third-order valence-electron chi connectivity index (χ3n) is 4.24. The number of anilines is 1. The quantitative estimate of drug-likeness (QED) is 0.468. The number of benzene rings is 4. The lowest BCUT2D eigenvalue weighted by atomic mass is 9.95. The van der Waals surface area contributed by atoms with E-state index in [1.807, 2.05) is 18.2 Å². The topological polar surface area (TPSA) is 26.0 Å². The van der Waals surface area contributed by atoms with Gasteiger partial charge in [0, 0.05) is 11.3 Å². The smallest absolute Gasteiger partial charge is 0.0399 e. The molecule has 0 aromatic heterocycles. The van der Waals surface area contributed by atoms with Gasteiger partial charge in [-0.15, -0.1) is 0 Å². The Labute approximate surface area is 136 Å². The van der Waals surface area contributed by atoms with Crippen LogP contribution in [0.2, 0.25) is 0 Å². The van der Waals surface area contributed by atoms with Crippen LogP contribution in [0.25, 0.3) is 33.0 Å². The summed E-state index contributed by atoms with van der Waals surface area (Å²) >= 11 is 0. The van der Waals surface area contributed by atoms with Gasteiger partial charge in [0.2, 0.25) is 0 Å². The van der Waals surface area contributed by atoms with Gasteiger partial charge in [-0.3, -0.25) is 0 Å². The van der Waals surface area contributed by atoms with Crippen LogP contribution in [0.4, 0.5) is 5.69 Å². The van der Waals surface area contributed by atoms with Gasteiger partial charge in [0.25, 0.3) is 0 Å². The molecule has 0 spiro atoms. The normalized spacial score (nSPS) is 10.8. The van der Waals surface area contributed by atoms with Gasteiger partial charge in [-0.1, -0.05) is 84.9 Å². The minimum absolute atomic E-state index is 0.807. The van der Waals surface area contributed by atoms with Gasteiger partial charge >= 0.3 is 0 Å². The van der Waals surface area contributed by atoms with E-state index in [4.69, 9.17) is 5.73 Å². The summed E-state index contributed by atoms with van der Waals surface area (Å²) < 4.78 is 0. The van der Waals surface area contributed by atoms with Gasteiger partial charge in [-0.2, -0.15) is 0 Å². The Morgan fingerprint density at radius 2 is 1.26 bits per heavy atom. The molecule has 2 N–H and O–H groups in total. The highest BCUT2D eigenvalue weighted by atomic mass is 14.6. The van der Waals surface area contributed by atoms with Crippen molar-refractivity contribution in [2.45, 2.75) is 0 Å². The first kappa shape index (κ1) is 13.6. The number of hydrogen-bond donors (Lipinski definition) is 1. The van der Waals surface area contributed by atoms with Crippen molar-refractivity contribution in [2.24, 2.45) is 0 Å². The largest absolute Gasteiger partial charge is 0.398 e. The molecular formula is C22H17N. The summed E-state index contributed by atoms with van der Waals surface area (Å²) in [4.78, 5) is 0. The predicted molar refractivity (Wildman–Crippen MR) is 99.2 cm³/mol. The fourth-order valence-corrected chi connectivity index (χ4v) is 3.09. The molecule has 0 heterocycles. The van der Waals surface area contributed by atoms with Crippen LogP contribution in [0, 0.1) is 0 Å². The summed E-state index contributed by atoms with van der Waals surface area (Å²) in [6.45, 7) is 0. The van der Waals surface area contributed by atoms with E-state index in [9.17, 15) is 0 Å². The van der Waals surface area contributed by atoms with E-state index < -0.39 is 0 Å². The van der Waals surface area contributed by atoms with E-state index in [2.05, 4.69) is 72.8 Å². The number of nitrogens with two attached hydrogens (primary N) is 1. The fraction of sp³-hybridized carbons (Fsp3) is 0. The van der Waals surface area contributed by atoms with E-state index in [1.165, 1.54) is 16.3 Å². The summed E-state index contributed by atoms with van der Waals surface area (Å²) in [5.74, 6) is 0. The zero-order chi connectivity index (χ0) is 15.6.